The maximum absolute atomic E-state index is 13.3. The largest absolute Gasteiger partial charge is 0.486 e. The summed E-state index contributed by atoms with van der Waals surface area (Å²) in [5, 5.41) is 6.64. The molecule has 10 heteroatoms. The number of aromatic nitrogens is 4. The predicted octanol–water partition coefficient (Wildman–Crippen LogP) is 3.63. The standard InChI is InChI=1S/C22H17FN6O3/c23-14-4-3-5-15(10-14)26-22(30)29-12-16(13-29)31-19-7-2-1-6-17(19)21-27-20(28-32-21)18-11-24-8-9-25-18/h1-11,16H,12-13H2,(H,26,30). The molecule has 9 nitrogen and oxygen atoms in total. The fraction of sp³-hybridized carbons (Fsp3) is 0.136. The monoisotopic (exact) mass is 432 g/mol. The fourth-order valence-corrected chi connectivity index (χ4v) is 3.22. The number of nitrogens with one attached hydrogen (secondary N) is 1. The molecule has 0 saturated carbocycles. The van der Waals surface area contributed by atoms with Crippen molar-refractivity contribution in [2.45, 2.75) is 6.10 Å². The van der Waals surface area contributed by atoms with Gasteiger partial charge in [0.25, 0.3) is 5.89 Å². The van der Waals surface area contributed by atoms with E-state index >= 15 is 0 Å². The molecule has 32 heavy (non-hydrogen) atoms. The molecule has 2 aromatic heterocycles. The minimum atomic E-state index is -0.410. The second-order valence-electron chi connectivity index (χ2n) is 7.10. The van der Waals surface area contributed by atoms with Gasteiger partial charge < -0.3 is 19.5 Å². The number of amides is 2. The van der Waals surface area contributed by atoms with E-state index in [1.54, 1.807) is 35.6 Å². The fourth-order valence-electron chi connectivity index (χ4n) is 3.22. The normalized spacial score (nSPS) is 13.5. The zero-order chi connectivity index (χ0) is 21.9. The van der Waals surface area contributed by atoms with Gasteiger partial charge in [-0.1, -0.05) is 23.4 Å². The van der Waals surface area contributed by atoms with Crippen molar-refractivity contribution in [3.8, 4) is 28.7 Å². The lowest BCUT2D eigenvalue weighted by Crippen LogP contribution is -2.57. The van der Waals surface area contributed by atoms with E-state index in [1.165, 1.54) is 18.2 Å². The first-order valence-corrected chi connectivity index (χ1v) is 9.83. The Kier molecular flexibility index (Phi) is 5.16. The highest BCUT2D eigenvalue weighted by atomic mass is 19.1. The molecule has 1 saturated heterocycles. The first-order valence-electron chi connectivity index (χ1n) is 9.83. The van der Waals surface area contributed by atoms with Gasteiger partial charge in [-0.3, -0.25) is 4.98 Å². The molecule has 1 aliphatic rings. The summed E-state index contributed by atoms with van der Waals surface area (Å²) < 4.78 is 24.7. The quantitative estimate of drug-likeness (QED) is 0.513. The summed E-state index contributed by atoms with van der Waals surface area (Å²) in [6.07, 6.45) is 4.47. The number of hydrogen-bond donors (Lipinski definition) is 1. The van der Waals surface area contributed by atoms with Gasteiger partial charge in [-0.05, 0) is 30.3 Å². The van der Waals surface area contributed by atoms with Crippen LogP contribution in [0.4, 0.5) is 14.9 Å². The number of para-hydroxylation sites is 1. The van der Waals surface area contributed by atoms with Crippen molar-refractivity contribution >= 4 is 11.7 Å². The molecule has 0 bridgehead atoms. The van der Waals surface area contributed by atoms with Crippen LogP contribution < -0.4 is 10.1 Å². The van der Waals surface area contributed by atoms with E-state index in [4.69, 9.17) is 9.26 Å². The molecule has 1 aliphatic heterocycles. The number of rotatable bonds is 5. The van der Waals surface area contributed by atoms with Crippen LogP contribution in [0.3, 0.4) is 0 Å². The Morgan fingerprint density at radius 2 is 2.03 bits per heavy atom. The number of benzene rings is 2. The van der Waals surface area contributed by atoms with Crippen LogP contribution in [0.15, 0.2) is 71.6 Å². The maximum Gasteiger partial charge on any atom is 0.322 e. The van der Waals surface area contributed by atoms with Crippen molar-refractivity contribution in [3.05, 3.63) is 72.9 Å². The van der Waals surface area contributed by atoms with Crippen molar-refractivity contribution in [2.24, 2.45) is 0 Å². The molecule has 1 fully saturated rings. The topological polar surface area (TPSA) is 106 Å². The van der Waals surface area contributed by atoms with Crippen LogP contribution in [0, 0.1) is 5.82 Å². The Labute approximate surface area is 181 Å². The number of carbonyl (C=O) groups is 1. The molecule has 160 valence electrons. The highest BCUT2D eigenvalue weighted by Crippen LogP contribution is 2.31. The first-order chi connectivity index (χ1) is 15.7. The number of urea groups is 1. The molecule has 0 aliphatic carbocycles. The van der Waals surface area contributed by atoms with Gasteiger partial charge in [0, 0.05) is 18.1 Å². The summed E-state index contributed by atoms with van der Waals surface area (Å²) in [6.45, 7) is 0.786. The van der Waals surface area contributed by atoms with Crippen molar-refractivity contribution < 1.29 is 18.4 Å². The molecule has 3 heterocycles. The van der Waals surface area contributed by atoms with Gasteiger partial charge in [0.1, 0.15) is 23.4 Å². The van der Waals surface area contributed by atoms with Crippen molar-refractivity contribution in [2.75, 3.05) is 18.4 Å². The van der Waals surface area contributed by atoms with Crippen LogP contribution >= 0.6 is 0 Å². The number of anilines is 1. The smallest absolute Gasteiger partial charge is 0.322 e. The van der Waals surface area contributed by atoms with Gasteiger partial charge in [0.15, 0.2) is 0 Å². The van der Waals surface area contributed by atoms with Crippen LogP contribution in [0.25, 0.3) is 23.0 Å². The molecule has 2 aromatic carbocycles. The Balaban J connectivity index is 1.23. The zero-order valence-electron chi connectivity index (χ0n) is 16.7. The van der Waals surface area contributed by atoms with Gasteiger partial charge in [0.05, 0.1) is 24.8 Å². The van der Waals surface area contributed by atoms with Crippen LogP contribution in [-0.4, -0.2) is 50.2 Å². The van der Waals surface area contributed by atoms with Crippen molar-refractivity contribution in [3.63, 3.8) is 0 Å². The molecule has 2 amide bonds. The number of hydrogen-bond acceptors (Lipinski definition) is 7. The lowest BCUT2D eigenvalue weighted by atomic mass is 10.1. The SMILES string of the molecule is O=C(Nc1cccc(F)c1)N1CC(Oc2ccccc2-c2nc(-c3cnccn3)no2)C1. The molecule has 5 rings (SSSR count). The average molecular weight is 432 g/mol. The summed E-state index contributed by atoms with van der Waals surface area (Å²) in [7, 11) is 0. The van der Waals surface area contributed by atoms with Crippen LogP contribution in [0.5, 0.6) is 5.75 Å². The number of carbonyl (C=O) groups excluding carboxylic acids is 1. The average Bonchev–Trinajstić information content (AvgIpc) is 3.27. The van der Waals surface area contributed by atoms with Gasteiger partial charge in [0.2, 0.25) is 5.82 Å². The first kappa shape index (κ1) is 19.6. The van der Waals surface area contributed by atoms with E-state index in [9.17, 15) is 9.18 Å². The maximum atomic E-state index is 13.3. The van der Waals surface area contributed by atoms with E-state index < -0.39 is 5.82 Å². The Hall–Kier alpha value is -4.34. The highest BCUT2D eigenvalue weighted by molar-refractivity contribution is 5.89. The second kappa shape index (κ2) is 8.42. The van der Waals surface area contributed by atoms with Gasteiger partial charge >= 0.3 is 6.03 Å². The third-order valence-electron chi connectivity index (χ3n) is 4.84. The molecular formula is C22H17FN6O3. The molecule has 4 aromatic rings. The molecule has 0 spiro atoms. The van der Waals surface area contributed by atoms with Gasteiger partial charge in [-0.15, -0.1) is 0 Å². The summed E-state index contributed by atoms with van der Waals surface area (Å²) in [5.74, 6) is 0.776. The summed E-state index contributed by atoms with van der Waals surface area (Å²) in [6, 6.07) is 12.7. The van der Waals surface area contributed by atoms with E-state index in [1.807, 2.05) is 18.2 Å². The van der Waals surface area contributed by atoms with E-state index in [2.05, 4.69) is 25.4 Å². The van der Waals surface area contributed by atoms with Crippen LogP contribution in [-0.2, 0) is 0 Å². The minimum absolute atomic E-state index is 0.197. The lowest BCUT2D eigenvalue weighted by Gasteiger charge is -2.39. The summed E-state index contributed by atoms with van der Waals surface area (Å²) >= 11 is 0. The van der Waals surface area contributed by atoms with E-state index in [0.29, 0.717) is 47.5 Å². The predicted molar refractivity (Wildman–Crippen MR) is 112 cm³/mol. The number of halogens is 1. The van der Waals surface area contributed by atoms with E-state index in [-0.39, 0.29) is 12.1 Å². The van der Waals surface area contributed by atoms with Gasteiger partial charge in [-0.2, -0.15) is 4.98 Å². The molecule has 0 radical (unpaired) electrons. The van der Waals surface area contributed by atoms with Crippen LogP contribution in [0.2, 0.25) is 0 Å². The Bertz CT molecular complexity index is 1240. The molecule has 1 N–H and O–H groups in total. The lowest BCUT2D eigenvalue weighted by molar-refractivity contribution is 0.0496. The number of nitrogens with zero attached hydrogens (tertiary/aromatic N) is 5. The molecule has 0 unspecified atom stereocenters. The highest BCUT2D eigenvalue weighted by Gasteiger charge is 2.33. The third kappa shape index (κ3) is 4.10. The summed E-state index contributed by atoms with van der Waals surface area (Å²) in [5.41, 5.74) is 1.54. The summed E-state index contributed by atoms with van der Waals surface area (Å²) in [4.78, 5) is 26.5. The van der Waals surface area contributed by atoms with Crippen molar-refractivity contribution in [1.82, 2.24) is 25.0 Å². The molecular weight excluding hydrogens is 415 g/mol. The Morgan fingerprint density at radius 1 is 1.16 bits per heavy atom. The van der Waals surface area contributed by atoms with Gasteiger partial charge in [-0.25, -0.2) is 14.2 Å². The zero-order valence-corrected chi connectivity index (χ0v) is 16.7. The second-order valence-corrected chi connectivity index (χ2v) is 7.10. The van der Waals surface area contributed by atoms with E-state index in [0.717, 1.165) is 0 Å². The molecule has 0 atom stereocenters. The third-order valence-corrected chi connectivity index (χ3v) is 4.84. The van der Waals surface area contributed by atoms with Crippen LogP contribution in [0.1, 0.15) is 0 Å². The number of ether oxygens (including phenoxy) is 1. The van der Waals surface area contributed by atoms with Crippen molar-refractivity contribution in [1.29, 1.82) is 0 Å². The minimum Gasteiger partial charge on any atom is -0.486 e. The number of likely N-dealkylation sites (tertiary alicyclic amines) is 1. The Morgan fingerprint density at radius 3 is 2.84 bits per heavy atom.